The first-order chi connectivity index (χ1) is 16.0. The summed E-state index contributed by atoms with van der Waals surface area (Å²) in [7, 11) is 0. The van der Waals surface area contributed by atoms with Crippen LogP contribution >= 0.6 is 0 Å². The lowest BCUT2D eigenvalue weighted by molar-refractivity contribution is -0.385. The highest BCUT2D eigenvalue weighted by Crippen LogP contribution is 2.26. The van der Waals surface area contributed by atoms with Gasteiger partial charge in [-0.3, -0.25) is 19.7 Å². The number of aromatic nitrogens is 1. The van der Waals surface area contributed by atoms with Gasteiger partial charge in [0.05, 0.1) is 22.2 Å². The monoisotopic (exact) mass is 450 g/mol. The Balaban J connectivity index is 1.90. The third-order valence-electron chi connectivity index (χ3n) is 5.36. The molecule has 0 bridgehead atoms. The predicted molar refractivity (Wildman–Crippen MR) is 127 cm³/mol. The van der Waals surface area contributed by atoms with Gasteiger partial charge in [-0.05, 0) is 24.6 Å². The van der Waals surface area contributed by atoms with Gasteiger partial charge in [-0.2, -0.15) is 5.10 Å². The lowest BCUT2D eigenvalue weighted by atomic mass is 10.1. The molecule has 2 N–H and O–H groups in total. The highest BCUT2D eigenvalue weighted by molar-refractivity contribution is 6.02. The van der Waals surface area contributed by atoms with Crippen molar-refractivity contribution in [3.8, 4) is 5.75 Å². The average molecular weight is 450 g/mol. The highest BCUT2D eigenvalue weighted by atomic mass is 16.6. The molecule has 0 aliphatic heterocycles. The minimum absolute atomic E-state index is 0.172. The zero-order valence-electron chi connectivity index (χ0n) is 18.4. The maximum Gasteiger partial charge on any atom is 0.280 e. The fraction of sp³-hybridized carbons (Fsp3) is 0.292. The fourth-order valence-electron chi connectivity index (χ4n) is 3.67. The molecular formula is C24H26N4O5. The fourth-order valence-corrected chi connectivity index (χ4v) is 3.67. The molecule has 0 spiro atoms. The summed E-state index contributed by atoms with van der Waals surface area (Å²) >= 11 is 0. The predicted octanol–water partition coefficient (Wildman–Crippen LogP) is 4.35. The second kappa shape index (κ2) is 11.0. The van der Waals surface area contributed by atoms with Crippen molar-refractivity contribution in [1.29, 1.82) is 0 Å². The third-order valence-corrected chi connectivity index (χ3v) is 5.36. The van der Waals surface area contributed by atoms with Crippen LogP contribution in [0.2, 0.25) is 0 Å². The number of aromatic hydroxyl groups is 1. The number of carbonyl (C=O) groups excluding carboxylic acids is 1. The number of amides is 1. The third kappa shape index (κ3) is 5.43. The SMILES string of the molecule is CCCCCCCn1c(=O)c(C(=O)N/N=C/c2ccccc2[N+](=O)[O-])c(O)c2ccccc21. The number of pyridine rings is 1. The molecule has 1 aromatic heterocycles. The lowest BCUT2D eigenvalue weighted by Gasteiger charge is -2.14. The quantitative estimate of drug-likeness (QED) is 0.205. The van der Waals surface area contributed by atoms with Crippen LogP contribution in [0, 0.1) is 10.1 Å². The molecule has 0 unspecified atom stereocenters. The van der Waals surface area contributed by atoms with E-state index in [4.69, 9.17) is 0 Å². The van der Waals surface area contributed by atoms with Gasteiger partial charge < -0.3 is 9.67 Å². The molecule has 0 saturated heterocycles. The Morgan fingerprint density at radius 3 is 2.58 bits per heavy atom. The van der Waals surface area contributed by atoms with E-state index in [2.05, 4.69) is 17.5 Å². The molecule has 1 heterocycles. The summed E-state index contributed by atoms with van der Waals surface area (Å²) in [5.74, 6) is -1.31. The van der Waals surface area contributed by atoms with Crippen LogP contribution in [0.25, 0.3) is 10.9 Å². The van der Waals surface area contributed by atoms with E-state index in [0.717, 1.165) is 38.3 Å². The van der Waals surface area contributed by atoms with Crippen LogP contribution in [0.15, 0.2) is 58.4 Å². The van der Waals surface area contributed by atoms with Gasteiger partial charge in [0.25, 0.3) is 17.2 Å². The Hall–Kier alpha value is -4.01. The lowest BCUT2D eigenvalue weighted by Crippen LogP contribution is -2.31. The van der Waals surface area contributed by atoms with Gasteiger partial charge in [-0.1, -0.05) is 56.9 Å². The van der Waals surface area contributed by atoms with Gasteiger partial charge in [0.2, 0.25) is 0 Å². The number of nitro benzene ring substituents is 1. The minimum atomic E-state index is -0.891. The Bertz CT molecular complexity index is 1250. The van der Waals surface area contributed by atoms with E-state index < -0.39 is 27.7 Å². The molecule has 33 heavy (non-hydrogen) atoms. The molecule has 0 fully saturated rings. The zero-order valence-corrected chi connectivity index (χ0v) is 18.4. The number of aryl methyl sites for hydroxylation is 1. The summed E-state index contributed by atoms with van der Waals surface area (Å²) in [5, 5.41) is 25.9. The van der Waals surface area contributed by atoms with Gasteiger partial charge in [0.15, 0.2) is 0 Å². The van der Waals surface area contributed by atoms with Crippen LogP contribution in [0.4, 0.5) is 5.69 Å². The van der Waals surface area contributed by atoms with Gasteiger partial charge in [-0.25, -0.2) is 5.43 Å². The van der Waals surface area contributed by atoms with Crippen molar-refractivity contribution in [2.45, 2.75) is 45.6 Å². The number of carbonyl (C=O) groups is 1. The number of hydrogen-bond donors (Lipinski definition) is 2. The second-order valence-corrected chi connectivity index (χ2v) is 7.63. The van der Waals surface area contributed by atoms with Crippen molar-refractivity contribution >= 4 is 28.7 Å². The average Bonchev–Trinajstić information content (AvgIpc) is 2.81. The first kappa shape index (κ1) is 23.6. The van der Waals surface area contributed by atoms with Crippen molar-refractivity contribution in [3.05, 3.63) is 80.1 Å². The summed E-state index contributed by atoms with van der Waals surface area (Å²) in [6.45, 7) is 2.55. The van der Waals surface area contributed by atoms with E-state index in [-0.39, 0.29) is 11.3 Å². The second-order valence-electron chi connectivity index (χ2n) is 7.63. The number of para-hydroxylation sites is 2. The Morgan fingerprint density at radius 1 is 1.12 bits per heavy atom. The Labute approximate surface area is 190 Å². The summed E-state index contributed by atoms with van der Waals surface area (Å²) < 4.78 is 1.50. The minimum Gasteiger partial charge on any atom is -0.506 e. The molecule has 0 radical (unpaired) electrons. The topological polar surface area (TPSA) is 127 Å². The van der Waals surface area contributed by atoms with E-state index in [9.17, 15) is 24.8 Å². The molecule has 0 atom stereocenters. The van der Waals surface area contributed by atoms with E-state index in [1.807, 2.05) is 0 Å². The van der Waals surface area contributed by atoms with Crippen LogP contribution in [0.3, 0.4) is 0 Å². The standard InChI is InChI=1S/C24H26N4O5/c1-2-3-4-5-10-15-27-20-14-9-7-12-18(20)22(29)21(24(27)31)23(30)26-25-16-17-11-6-8-13-19(17)28(32)33/h6-9,11-14,16,29H,2-5,10,15H2,1H3,(H,26,30)/b25-16+. The highest BCUT2D eigenvalue weighted by Gasteiger charge is 2.22. The van der Waals surface area contributed by atoms with E-state index >= 15 is 0 Å². The Morgan fingerprint density at radius 2 is 1.82 bits per heavy atom. The number of hydrogen-bond acceptors (Lipinski definition) is 6. The normalized spacial score (nSPS) is 11.2. The summed E-state index contributed by atoms with van der Waals surface area (Å²) in [6.07, 6.45) is 6.15. The number of fused-ring (bicyclic) bond motifs is 1. The smallest absolute Gasteiger partial charge is 0.280 e. The van der Waals surface area contributed by atoms with E-state index in [1.165, 1.54) is 22.8 Å². The number of nitrogens with one attached hydrogen (secondary N) is 1. The number of nitro groups is 1. The summed E-state index contributed by atoms with van der Waals surface area (Å²) in [6, 6.07) is 12.8. The van der Waals surface area contributed by atoms with Crippen LogP contribution < -0.4 is 11.0 Å². The molecule has 2 aromatic carbocycles. The maximum absolute atomic E-state index is 13.1. The zero-order chi connectivity index (χ0) is 23.8. The molecule has 0 aliphatic carbocycles. The van der Waals surface area contributed by atoms with Crippen molar-refractivity contribution in [2.24, 2.45) is 5.10 Å². The van der Waals surface area contributed by atoms with Crippen LogP contribution in [-0.2, 0) is 6.54 Å². The molecule has 3 aromatic rings. The van der Waals surface area contributed by atoms with Crippen LogP contribution in [-0.4, -0.2) is 26.7 Å². The molecule has 0 saturated carbocycles. The largest absolute Gasteiger partial charge is 0.506 e. The molecule has 0 aliphatic rings. The molecule has 9 nitrogen and oxygen atoms in total. The van der Waals surface area contributed by atoms with Gasteiger partial charge in [-0.15, -0.1) is 0 Å². The number of benzene rings is 2. The van der Waals surface area contributed by atoms with Gasteiger partial charge >= 0.3 is 0 Å². The number of rotatable bonds is 10. The van der Waals surface area contributed by atoms with Crippen molar-refractivity contribution in [3.63, 3.8) is 0 Å². The van der Waals surface area contributed by atoms with Crippen LogP contribution in [0.1, 0.15) is 54.9 Å². The Kier molecular flexibility index (Phi) is 7.91. The van der Waals surface area contributed by atoms with E-state index in [0.29, 0.717) is 17.4 Å². The van der Waals surface area contributed by atoms with Gasteiger partial charge in [0, 0.05) is 18.0 Å². The summed E-state index contributed by atoms with van der Waals surface area (Å²) in [5.41, 5.74) is 1.75. The maximum atomic E-state index is 13.1. The molecule has 172 valence electrons. The van der Waals surface area contributed by atoms with E-state index in [1.54, 1.807) is 30.3 Å². The first-order valence-electron chi connectivity index (χ1n) is 10.9. The molecule has 3 rings (SSSR count). The number of nitrogens with zero attached hydrogens (tertiary/aromatic N) is 3. The first-order valence-corrected chi connectivity index (χ1v) is 10.9. The summed E-state index contributed by atoms with van der Waals surface area (Å²) in [4.78, 5) is 36.5. The molecular weight excluding hydrogens is 424 g/mol. The molecule has 1 amide bonds. The van der Waals surface area contributed by atoms with Crippen molar-refractivity contribution in [1.82, 2.24) is 9.99 Å². The van der Waals surface area contributed by atoms with Crippen molar-refractivity contribution in [2.75, 3.05) is 0 Å². The number of unbranched alkanes of at least 4 members (excludes halogenated alkanes) is 4. The van der Waals surface area contributed by atoms with Gasteiger partial charge in [0.1, 0.15) is 11.3 Å². The van der Waals surface area contributed by atoms with Crippen molar-refractivity contribution < 1.29 is 14.8 Å². The van der Waals surface area contributed by atoms with Crippen LogP contribution in [0.5, 0.6) is 5.75 Å². The number of hydrazone groups is 1. The molecule has 9 heteroatoms.